The van der Waals surface area contributed by atoms with Gasteiger partial charge in [0.05, 0.1) is 13.5 Å². The number of nitrogens with one attached hydrogen (secondary N) is 1. The van der Waals surface area contributed by atoms with Gasteiger partial charge in [0.15, 0.2) is 0 Å². The van der Waals surface area contributed by atoms with Crippen molar-refractivity contribution in [3.8, 4) is 5.75 Å². The second-order valence-electron chi connectivity index (χ2n) is 5.40. The fraction of sp³-hybridized carbons (Fsp3) is 0.533. The summed E-state index contributed by atoms with van der Waals surface area (Å²) in [4.78, 5) is 11.9. The maximum atomic E-state index is 11.9. The number of carbonyl (C=O) groups is 1. The molecule has 4 heteroatoms. The van der Waals surface area contributed by atoms with Gasteiger partial charge in [-0.3, -0.25) is 4.79 Å². The highest BCUT2D eigenvalue weighted by Gasteiger charge is 2.18. The van der Waals surface area contributed by atoms with E-state index in [1.807, 2.05) is 38.1 Å². The molecule has 106 valence electrons. The smallest absolute Gasteiger partial charge is 0.224 e. The van der Waals surface area contributed by atoms with Gasteiger partial charge in [-0.05, 0) is 17.9 Å². The van der Waals surface area contributed by atoms with E-state index in [1.54, 1.807) is 7.11 Å². The highest BCUT2D eigenvalue weighted by atomic mass is 16.5. The largest absolute Gasteiger partial charge is 0.496 e. The molecule has 1 rings (SSSR count). The Morgan fingerprint density at radius 3 is 2.68 bits per heavy atom. The van der Waals surface area contributed by atoms with Crippen LogP contribution in [-0.4, -0.2) is 31.3 Å². The predicted octanol–water partition coefficient (Wildman–Crippen LogP) is 1.76. The first-order valence-corrected chi connectivity index (χ1v) is 6.48. The summed E-state index contributed by atoms with van der Waals surface area (Å²) < 4.78 is 5.22. The summed E-state index contributed by atoms with van der Waals surface area (Å²) in [5, 5.41) is 11.8. The third-order valence-electron chi connectivity index (χ3n) is 3.10. The van der Waals surface area contributed by atoms with E-state index < -0.39 is 0 Å². The topological polar surface area (TPSA) is 58.6 Å². The van der Waals surface area contributed by atoms with E-state index in [2.05, 4.69) is 5.32 Å². The Hall–Kier alpha value is -1.55. The highest BCUT2D eigenvalue weighted by Crippen LogP contribution is 2.19. The zero-order valence-electron chi connectivity index (χ0n) is 11.9. The van der Waals surface area contributed by atoms with Gasteiger partial charge in [-0.1, -0.05) is 32.0 Å². The molecule has 19 heavy (non-hydrogen) atoms. The molecule has 1 aromatic carbocycles. The Kier molecular flexibility index (Phi) is 5.83. The van der Waals surface area contributed by atoms with Crippen LogP contribution < -0.4 is 10.1 Å². The molecule has 0 spiro atoms. The molecule has 0 aromatic heterocycles. The van der Waals surface area contributed by atoms with E-state index in [9.17, 15) is 4.79 Å². The van der Waals surface area contributed by atoms with Crippen molar-refractivity contribution in [2.45, 2.75) is 26.7 Å². The molecule has 0 radical (unpaired) electrons. The number of hydrogen-bond acceptors (Lipinski definition) is 3. The number of carbonyl (C=O) groups excluding carboxylic acids is 1. The van der Waals surface area contributed by atoms with Crippen LogP contribution >= 0.6 is 0 Å². The van der Waals surface area contributed by atoms with Gasteiger partial charge < -0.3 is 15.2 Å². The molecular weight excluding hydrogens is 242 g/mol. The molecule has 2 N–H and O–H groups in total. The lowest BCUT2D eigenvalue weighted by molar-refractivity contribution is -0.120. The van der Waals surface area contributed by atoms with Crippen LogP contribution in [0.1, 0.15) is 25.8 Å². The van der Waals surface area contributed by atoms with E-state index in [0.717, 1.165) is 11.3 Å². The van der Waals surface area contributed by atoms with E-state index >= 15 is 0 Å². The molecule has 0 atom stereocenters. The van der Waals surface area contributed by atoms with Crippen molar-refractivity contribution in [3.63, 3.8) is 0 Å². The van der Waals surface area contributed by atoms with Gasteiger partial charge in [0, 0.05) is 18.7 Å². The number of benzene rings is 1. The molecular formula is C15H23NO3. The molecule has 0 aliphatic heterocycles. The third kappa shape index (κ3) is 5.30. The lowest BCUT2D eigenvalue weighted by Crippen LogP contribution is -2.35. The van der Waals surface area contributed by atoms with Gasteiger partial charge in [0.1, 0.15) is 5.75 Å². The fourth-order valence-electron chi connectivity index (χ4n) is 1.81. The second-order valence-corrected chi connectivity index (χ2v) is 5.40. The Bertz CT molecular complexity index is 416. The van der Waals surface area contributed by atoms with Crippen molar-refractivity contribution in [3.05, 3.63) is 29.8 Å². The third-order valence-corrected chi connectivity index (χ3v) is 3.10. The van der Waals surface area contributed by atoms with Gasteiger partial charge in [-0.2, -0.15) is 0 Å². The lowest BCUT2D eigenvalue weighted by Gasteiger charge is -2.23. The van der Waals surface area contributed by atoms with E-state index in [0.29, 0.717) is 19.4 Å². The zero-order chi connectivity index (χ0) is 14.3. The van der Waals surface area contributed by atoms with E-state index in [1.165, 1.54) is 0 Å². The highest BCUT2D eigenvalue weighted by molar-refractivity contribution is 5.79. The van der Waals surface area contributed by atoms with Crippen molar-refractivity contribution in [1.29, 1.82) is 0 Å². The van der Waals surface area contributed by atoms with Crippen LogP contribution in [0.15, 0.2) is 24.3 Å². The van der Waals surface area contributed by atoms with Crippen LogP contribution in [0.5, 0.6) is 5.75 Å². The van der Waals surface area contributed by atoms with Crippen LogP contribution in [0.4, 0.5) is 0 Å². The second kappa shape index (κ2) is 7.14. The van der Waals surface area contributed by atoms with Crippen LogP contribution in [0, 0.1) is 5.41 Å². The minimum atomic E-state index is -0.0921. The Labute approximate surface area is 114 Å². The van der Waals surface area contributed by atoms with Crippen LogP contribution in [0.2, 0.25) is 0 Å². The quantitative estimate of drug-likeness (QED) is 0.790. The Balaban J connectivity index is 2.52. The average Bonchev–Trinajstić information content (AvgIpc) is 2.37. The van der Waals surface area contributed by atoms with E-state index in [-0.39, 0.29) is 17.9 Å². The molecule has 0 aliphatic carbocycles. The number of ether oxygens (including phenoxy) is 1. The molecule has 0 unspecified atom stereocenters. The molecule has 0 heterocycles. The van der Waals surface area contributed by atoms with Crippen molar-refractivity contribution in [2.24, 2.45) is 5.41 Å². The SMILES string of the molecule is COc1ccccc1CC(=O)NCC(C)(C)CCO. The molecule has 4 nitrogen and oxygen atoms in total. The first-order valence-electron chi connectivity index (χ1n) is 6.48. The van der Waals surface area contributed by atoms with Gasteiger partial charge in [-0.25, -0.2) is 0 Å². The van der Waals surface area contributed by atoms with E-state index in [4.69, 9.17) is 9.84 Å². The average molecular weight is 265 g/mol. The first kappa shape index (κ1) is 15.5. The molecule has 0 bridgehead atoms. The summed E-state index contributed by atoms with van der Waals surface area (Å²) in [6.07, 6.45) is 0.973. The molecule has 0 saturated heterocycles. The summed E-state index contributed by atoms with van der Waals surface area (Å²) in [5.74, 6) is 0.697. The van der Waals surface area contributed by atoms with Crippen molar-refractivity contribution >= 4 is 5.91 Å². The maximum absolute atomic E-state index is 11.9. The minimum Gasteiger partial charge on any atom is -0.496 e. The van der Waals surface area contributed by atoms with Crippen LogP contribution in [-0.2, 0) is 11.2 Å². The lowest BCUT2D eigenvalue weighted by atomic mass is 9.89. The van der Waals surface area contributed by atoms with Gasteiger partial charge in [-0.15, -0.1) is 0 Å². The molecule has 0 aliphatic rings. The number of rotatable bonds is 7. The number of para-hydroxylation sites is 1. The summed E-state index contributed by atoms with van der Waals surface area (Å²) >= 11 is 0. The normalized spacial score (nSPS) is 11.2. The Morgan fingerprint density at radius 2 is 2.05 bits per heavy atom. The molecule has 1 aromatic rings. The number of amides is 1. The van der Waals surface area contributed by atoms with Gasteiger partial charge in [0.25, 0.3) is 0 Å². The summed E-state index contributed by atoms with van der Waals surface area (Å²) in [7, 11) is 1.60. The standard InChI is InChI=1S/C15H23NO3/c1-15(2,8-9-17)11-16-14(18)10-12-6-4-5-7-13(12)19-3/h4-7,17H,8-11H2,1-3H3,(H,16,18). The van der Waals surface area contributed by atoms with Gasteiger partial charge >= 0.3 is 0 Å². The summed E-state index contributed by atoms with van der Waals surface area (Å²) in [6, 6.07) is 7.50. The Morgan fingerprint density at radius 1 is 1.37 bits per heavy atom. The van der Waals surface area contributed by atoms with Crippen LogP contribution in [0.25, 0.3) is 0 Å². The number of aliphatic hydroxyl groups excluding tert-OH is 1. The minimum absolute atomic E-state index is 0.0319. The van der Waals surface area contributed by atoms with Crippen molar-refractivity contribution < 1.29 is 14.6 Å². The molecule has 0 fully saturated rings. The summed E-state index contributed by atoms with van der Waals surface area (Å²) in [6.45, 7) is 4.73. The predicted molar refractivity (Wildman–Crippen MR) is 75.2 cm³/mol. The van der Waals surface area contributed by atoms with Gasteiger partial charge in [0.2, 0.25) is 5.91 Å². The number of hydrogen-bond donors (Lipinski definition) is 2. The van der Waals surface area contributed by atoms with Crippen LogP contribution in [0.3, 0.4) is 0 Å². The maximum Gasteiger partial charge on any atom is 0.224 e. The molecule has 1 amide bonds. The first-order chi connectivity index (χ1) is 8.98. The zero-order valence-corrected chi connectivity index (χ0v) is 11.9. The monoisotopic (exact) mass is 265 g/mol. The summed E-state index contributed by atoms with van der Waals surface area (Å²) in [5.41, 5.74) is 0.785. The number of methoxy groups -OCH3 is 1. The fourth-order valence-corrected chi connectivity index (χ4v) is 1.81. The molecule has 0 saturated carbocycles. The number of aliphatic hydroxyl groups is 1. The van der Waals surface area contributed by atoms with Crippen molar-refractivity contribution in [1.82, 2.24) is 5.32 Å². The van der Waals surface area contributed by atoms with Crippen molar-refractivity contribution in [2.75, 3.05) is 20.3 Å².